The molecule has 3 rings (SSSR count). The summed E-state index contributed by atoms with van der Waals surface area (Å²) in [6, 6.07) is 16.1. The zero-order valence-corrected chi connectivity index (χ0v) is 15.6. The van der Waals surface area contributed by atoms with Crippen LogP contribution >= 0.6 is 12.4 Å². The van der Waals surface area contributed by atoms with Crippen LogP contribution in [0.15, 0.2) is 48.5 Å². The van der Waals surface area contributed by atoms with Crippen molar-refractivity contribution in [1.82, 2.24) is 4.90 Å². The second-order valence-corrected chi connectivity index (χ2v) is 6.57. The van der Waals surface area contributed by atoms with Crippen LogP contribution in [-0.4, -0.2) is 37.0 Å². The van der Waals surface area contributed by atoms with Gasteiger partial charge in [-0.25, -0.2) is 0 Å². The van der Waals surface area contributed by atoms with Gasteiger partial charge in [0, 0.05) is 23.0 Å². The number of likely N-dealkylation sites (tertiary alicyclic amines) is 1. The van der Waals surface area contributed by atoms with Crippen LogP contribution < -0.4 is 10.6 Å². The predicted molar refractivity (Wildman–Crippen MR) is 107 cm³/mol. The van der Waals surface area contributed by atoms with E-state index in [4.69, 9.17) is 0 Å². The average molecular weight is 360 g/mol. The van der Waals surface area contributed by atoms with Gasteiger partial charge in [-0.15, -0.1) is 12.4 Å². The van der Waals surface area contributed by atoms with E-state index < -0.39 is 0 Å². The van der Waals surface area contributed by atoms with Crippen molar-refractivity contribution in [3.05, 3.63) is 59.7 Å². The molecule has 1 amide bonds. The average Bonchev–Trinajstić information content (AvgIpc) is 2.58. The largest absolute Gasteiger partial charge is 0.382 e. The van der Waals surface area contributed by atoms with E-state index in [2.05, 4.69) is 28.6 Å². The first kappa shape index (κ1) is 19.3. The van der Waals surface area contributed by atoms with Gasteiger partial charge in [-0.2, -0.15) is 0 Å². The number of aryl methyl sites for hydroxylation is 1. The minimum atomic E-state index is -0.0652. The molecule has 0 saturated carbocycles. The van der Waals surface area contributed by atoms with E-state index in [9.17, 15) is 4.79 Å². The lowest BCUT2D eigenvalue weighted by molar-refractivity contribution is 0.102. The molecule has 1 aliphatic heterocycles. The second kappa shape index (κ2) is 8.88. The first-order valence-corrected chi connectivity index (χ1v) is 8.54. The maximum Gasteiger partial charge on any atom is 0.255 e. The topological polar surface area (TPSA) is 44.4 Å². The molecule has 0 bridgehead atoms. The molecule has 0 atom stereocenters. The Kier molecular flexibility index (Phi) is 6.85. The first-order chi connectivity index (χ1) is 11.6. The summed E-state index contributed by atoms with van der Waals surface area (Å²) in [5, 5.41) is 6.58. The monoisotopic (exact) mass is 359 g/mol. The number of hydrogen-bond donors (Lipinski definition) is 2. The van der Waals surface area contributed by atoms with E-state index in [1.807, 2.05) is 49.4 Å². The van der Waals surface area contributed by atoms with Gasteiger partial charge in [0.05, 0.1) is 0 Å². The third-order valence-electron chi connectivity index (χ3n) is 4.60. The Morgan fingerprint density at radius 3 is 2.44 bits per heavy atom. The van der Waals surface area contributed by atoms with Crippen LogP contribution in [0.4, 0.5) is 11.4 Å². The summed E-state index contributed by atoms with van der Waals surface area (Å²) in [7, 11) is 2.16. The summed E-state index contributed by atoms with van der Waals surface area (Å²) in [6.45, 7) is 4.20. The maximum absolute atomic E-state index is 12.4. The highest BCUT2D eigenvalue weighted by molar-refractivity contribution is 6.05. The molecule has 1 fully saturated rings. The maximum atomic E-state index is 12.4. The zero-order valence-electron chi connectivity index (χ0n) is 14.8. The van der Waals surface area contributed by atoms with E-state index in [1.54, 1.807) is 0 Å². The predicted octanol–water partition coefficient (Wildman–Crippen LogP) is 4.18. The molecule has 0 aliphatic carbocycles. The Bertz CT molecular complexity index is 712. The van der Waals surface area contributed by atoms with Crippen molar-refractivity contribution in [2.24, 2.45) is 0 Å². The molecule has 1 aliphatic rings. The van der Waals surface area contributed by atoms with E-state index in [0.29, 0.717) is 11.6 Å². The number of halogens is 1. The molecule has 2 N–H and O–H groups in total. The van der Waals surface area contributed by atoms with Crippen molar-refractivity contribution in [2.45, 2.75) is 25.8 Å². The number of piperidine rings is 1. The quantitative estimate of drug-likeness (QED) is 0.860. The Morgan fingerprint density at radius 1 is 1.04 bits per heavy atom. The highest BCUT2D eigenvalue weighted by Gasteiger charge is 2.16. The van der Waals surface area contributed by atoms with Crippen LogP contribution in [0.3, 0.4) is 0 Å². The molecular weight excluding hydrogens is 334 g/mol. The fraction of sp³-hybridized carbons (Fsp3) is 0.350. The number of carbonyl (C=O) groups excluding carboxylic acids is 1. The van der Waals surface area contributed by atoms with Gasteiger partial charge in [0.15, 0.2) is 0 Å². The van der Waals surface area contributed by atoms with Crippen LogP contribution in [-0.2, 0) is 0 Å². The highest BCUT2D eigenvalue weighted by atomic mass is 35.5. The summed E-state index contributed by atoms with van der Waals surface area (Å²) in [5.74, 6) is -0.0652. The summed E-state index contributed by atoms with van der Waals surface area (Å²) >= 11 is 0. The molecule has 0 unspecified atom stereocenters. The lowest BCUT2D eigenvalue weighted by atomic mass is 10.1. The van der Waals surface area contributed by atoms with E-state index >= 15 is 0 Å². The van der Waals surface area contributed by atoms with Crippen molar-refractivity contribution in [2.75, 3.05) is 30.8 Å². The summed E-state index contributed by atoms with van der Waals surface area (Å²) in [4.78, 5) is 14.8. The Balaban J connectivity index is 0.00000225. The number of nitrogens with one attached hydrogen (secondary N) is 2. The Labute approximate surface area is 156 Å². The molecule has 2 aromatic rings. The van der Waals surface area contributed by atoms with Gasteiger partial charge in [-0.3, -0.25) is 4.79 Å². The third kappa shape index (κ3) is 5.21. The van der Waals surface area contributed by atoms with Gasteiger partial charge in [0.25, 0.3) is 5.91 Å². The van der Waals surface area contributed by atoms with Crippen molar-refractivity contribution in [1.29, 1.82) is 0 Å². The zero-order chi connectivity index (χ0) is 16.9. The van der Waals surface area contributed by atoms with E-state index in [-0.39, 0.29) is 18.3 Å². The Hall–Kier alpha value is -2.04. The third-order valence-corrected chi connectivity index (χ3v) is 4.60. The molecule has 2 aromatic carbocycles. The highest BCUT2D eigenvalue weighted by Crippen LogP contribution is 2.20. The van der Waals surface area contributed by atoms with Gasteiger partial charge in [0.2, 0.25) is 0 Å². The second-order valence-electron chi connectivity index (χ2n) is 6.57. The van der Waals surface area contributed by atoms with Crippen molar-refractivity contribution < 1.29 is 4.79 Å². The molecule has 0 spiro atoms. The van der Waals surface area contributed by atoms with Gasteiger partial charge < -0.3 is 15.5 Å². The molecule has 0 radical (unpaired) electrons. The molecule has 4 nitrogen and oxygen atoms in total. The number of anilines is 2. The first-order valence-electron chi connectivity index (χ1n) is 8.54. The SMILES string of the molecule is Cc1ccccc1C(=O)Nc1cccc(NC2CCN(C)CC2)c1.Cl. The van der Waals surface area contributed by atoms with Crippen LogP contribution in [0.5, 0.6) is 0 Å². The van der Waals surface area contributed by atoms with E-state index in [0.717, 1.165) is 42.9 Å². The molecule has 5 heteroatoms. The van der Waals surface area contributed by atoms with Gasteiger partial charge >= 0.3 is 0 Å². The smallest absolute Gasteiger partial charge is 0.255 e. The normalized spacial score (nSPS) is 15.3. The van der Waals surface area contributed by atoms with Crippen molar-refractivity contribution in [3.8, 4) is 0 Å². The number of benzene rings is 2. The van der Waals surface area contributed by atoms with Crippen LogP contribution in [0.1, 0.15) is 28.8 Å². The fourth-order valence-corrected chi connectivity index (χ4v) is 3.10. The van der Waals surface area contributed by atoms with Crippen LogP contribution in [0.25, 0.3) is 0 Å². The van der Waals surface area contributed by atoms with Gasteiger partial charge in [0.1, 0.15) is 0 Å². The van der Waals surface area contributed by atoms with Gasteiger partial charge in [-0.05, 0) is 69.7 Å². The molecular formula is C20H26ClN3O. The molecule has 25 heavy (non-hydrogen) atoms. The summed E-state index contributed by atoms with van der Waals surface area (Å²) in [6.07, 6.45) is 2.30. The van der Waals surface area contributed by atoms with E-state index in [1.165, 1.54) is 0 Å². The molecule has 1 heterocycles. The lowest BCUT2D eigenvalue weighted by Crippen LogP contribution is -2.36. The molecule has 1 saturated heterocycles. The minimum absolute atomic E-state index is 0. The number of hydrogen-bond acceptors (Lipinski definition) is 3. The summed E-state index contributed by atoms with van der Waals surface area (Å²) < 4.78 is 0. The number of rotatable bonds is 4. The summed E-state index contributed by atoms with van der Waals surface area (Å²) in [5.41, 5.74) is 3.58. The fourth-order valence-electron chi connectivity index (χ4n) is 3.10. The van der Waals surface area contributed by atoms with Crippen molar-refractivity contribution in [3.63, 3.8) is 0 Å². The lowest BCUT2D eigenvalue weighted by Gasteiger charge is -2.30. The number of carbonyl (C=O) groups is 1. The van der Waals surface area contributed by atoms with Crippen LogP contribution in [0, 0.1) is 6.92 Å². The number of nitrogens with zero attached hydrogens (tertiary/aromatic N) is 1. The van der Waals surface area contributed by atoms with Crippen LogP contribution in [0.2, 0.25) is 0 Å². The van der Waals surface area contributed by atoms with Crippen molar-refractivity contribution >= 4 is 29.7 Å². The standard InChI is InChI=1S/C20H25N3O.ClH/c1-15-6-3-4-9-19(15)20(24)22-18-8-5-7-17(14-18)21-16-10-12-23(2)13-11-16;/h3-9,14,16,21H,10-13H2,1-2H3,(H,22,24);1H. The molecule has 134 valence electrons. The minimum Gasteiger partial charge on any atom is -0.382 e. The Morgan fingerprint density at radius 2 is 1.72 bits per heavy atom. The van der Waals surface area contributed by atoms with Gasteiger partial charge in [-0.1, -0.05) is 24.3 Å². The molecule has 0 aromatic heterocycles. The number of amides is 1.